The number of carbonyl (C=O) groups excluding carboxylic acids is 1. The summed E-state index contributed by atoms with van der Waals surface area (Å²) in [6.07, 6.45) is 3.96. The molecule has 0 spiro atoms. The highest BCUT2D eigenvalue weighted by Gasteiger charge is 2.13. The van der Waals surface area contributed by atoms with Gasteiger partial charge in [0.05, 0.1) is 0 Å². The molecule has 1 heterocycles. The van der Waals surface area contributed by atoms with Crippen LogP contribution in [0.4, 0.5) is 0 Å². The first kappa shape index (κ1) is 23.2. The Morgan fingerprint density at radius 1 is 0.963 bits per heavy atom. The summed E-state index contributed by atoms with van der Waals surface area (Å²) in [6, 6.07) is 16.0. The fourth-order valence-corrected chi connectivity index (χ4v) is 3.05. The Morgan fingerprint density at radius 3 is 2.22 bits per heavy atom. The van der Waals surface area contributed by atoms with Crippen molar-refractivity contribution in [3.63, 3.8) is 0 Å². The number of piperazine rings is 1. The Labute approximate surface area is 173 Å². The van der Waals surface area contributed by atoms with Gasteiger partial charge < -0.3 is 10.6 Å². The number of amides is 1. The Morgan fingerprint density at radius 2 is 1.59 bits per heavy atom. The van der Waals surface area contributed by atoms with E-state index in [1.807, 2.05) is 30.4 Å². The molecule has 0 atom stereocenters. The summed E-state index contributed by atoms with van der Waals surface area (Å²) < 4.78 is 0. The molecule has 0 unspecified atom stereocenters. The number of carbonyl (C=O) groups is 1. The molecule has 1 fully saturated rings. The molecule has 27 heavy (non-hydrogen) atoms. The van der Waals surface area contributed by atoms with Crippen LogP contribution in [0.25, 0.3) is 12.2 Å². The van der Waals surface area contributed by atoms with Crippen LogP contribution in [0.15, 0.2) is 48.5 Å². The van der Waals surface area contributed by atoms with Crippen molar-refractivity contribution in [1.82, 2.24) is 9.80 Å². The van der Waals surface area contributed by atoms with Gasteiger partial charge in [-0.1, -0.05) is 54.6 Å². The molecule has 1 aliphatic rings. The molecular weight excluding hydrogens is 381 g/mol. The highest BCUT2D eigenvalue weighted by Crippen LogP contribution is 2.15. The van der Waals surface area contributed by atoms with Crippen LogP contribution in [0.2, 0.25) is 0 Å². The third kappa shape index (κ3) is 6.67. The quantitative estimate of drug-likeness (QED) is 0.770. The fourth-order valence-electron chi connectivity index (χ4n) is 3.05. The van der Waals surface area contributed by atoms with Gasteiger partial charge in [-0.3, -0.25) is 9.69 Å². The van der Waals surface area contributed by atoms with E-state index in [1.54, 1.807) is 6.07 Å². The zero-order chi connectivity index (χ0) is 17.6. The van der Waals surface area contributed by atoms with Crippen LogP contribution in [-0.4, -0.2) is 48.9 Å². The van der Waals surface area contributed by atoms with Gasteiger partial charge in [0.1, 0.15) is 0 Å². The molecule has 0 bridgehead atoms. The first-order valence-corrected chi connectivity index (χ1v) is 8.68. The molecule has 0 aliphatic carbocycles. The number of hydrogen-bond donors (Lipinski definition) is 1. The average molecular weight is 408 g/mol. The number of primary amides is 1. The molecule has 1 aliphatic heterocycles. The van der Waals surface area contributed by atoms with E-state index in [0.717, 1.165) is 43.9 Å². The van der Waals surface area contributed by atoms with Gasteiger partial charge in [-0.05, 0) is 29.8 Å². The second kappa shape index (κ2) is 11.1. The molecule has 2 aromatic rings. The predicted octanol–water partition coefficient (Wildman–Crippen LogP) is 3.55. The maximum atomic E-state index is 11.5. The van der Waals surface area contributed by atoms with Crippen molar-refractivity contribution < 1.29 is 4.79 Å². The highest BCUT2D eigenvalue weighted by atomic mass is 35.5. The molecule has 0 saturated carbocycles. The van der Waals surface area contributed by atoms with Crippen LogP contribution in [0.5, 0.6) is 0 Å². The second-order valence-electron chi connectivity index (χ2n) is 6.61. The summed E-state index contributed by atoms with van der Waals surface area (Å²) in [4.78, 5) is 16.3. The van der Waals surface area contributed by atoms with E-state index in [4.69, 9.17) is 5.73 Å². The lowest BCUT2D eigenvalue weighted by atomic mass is 10.0. The molecular formula is C21H27Cl2N3O. The number of likely N-dealkylation sites (N-methyl/N-ethyl adjacent to an activating group) is 1. The van der Waals surface area contributed by atoms with Gasteiger partial charge in [-0.2, -0.15) is 0 Å². The number of hydrogen-bond acceptors (Lipinski definition) is 3. The molecule has 2 N–H and O–H groups in total. The molecule has 2 aromatic carbocycles. The topological polar surface area (TPSA) is 49.6 Å². The third-order valence-corrected chi connectivity index (χ3v) is 4.66. The molecule has 3 rings (SSSR count). The molecule has 4 nitrogen and oxygen atoms in total. The number of rotatable bonds is 5. The third-order valence-electron chi connectivity index (χ3n) is 4.66. The maximum Gasteiger partial charge on any atom is 0.249 e. The lowest BCUT2D eigenvalue weighted by Crippen LogP contribution is -2.43. The fraction of sp³-hybridized carbons (Fsp3) is 0.286. The van der Waals surface area contributed by atoms with Crippen LogP contribution < -0.4 is 5.73 Å². The largest absolute Gasteiger partial charge is 0.366 e. The SMILES string of the molecule is CN1CCN(Cc2ccc(/C=C/c3ccccc3C(N)=O)cc2)CC1.Cl.Cl. The number of benzene rings is 2. The van der Waals surface area contributed by atoms with E-state index in [1.165, 1.54) is 5.56 Å². The zero-order valence-electron chi connectivity index (χ0n) is 15.5. The van der Waals surface area contributed by atoms with Gasteiger partial charge in [-0.15, -0.1) is 24.8 Å². The van der Waals surface area contributed by atoms with E-state index in [-0.39, 0.29) is 24.8 Å². The van der Waals surface area contributed by atoms with Gasteiger partial charge in [-0.25, -0.2) is 0 Å². The summed E-state index contributed by atoms with van der Waals surface area (Å²) in [5.74, 6) is -0.400. The van der Waals surface area contributed by atoms with Crippen molar-refractivity contribution in [2.45, 2.75) is 6.54 Å². The number of nitrogens with zero attached hydrogens (tertiary/aromatic N) is 2. The first-order valence-electron chi connectivity index (χ1n) is 8.68. The van der Waals surface area contributed by atoms with E-state index in [0.29, 0.717) is 5.56 Å². The van der Waals surface area contributed by atoms with Crippen LogP contribution in [-0.2, 0) is 6.54 Å². The maximum absolute atomic E-state index is 11.5. The van der Waals surface area contributed by atoms with E-state index in [9.17, 15) is 4.79 Å². The zero-order valence-corrected chi connectivity index (χ0v) is 17.1. The van der Waals surface area contributed by atoms with Crippen molar-refractivity contribution >= 4 is 42.9 Å². The van der Waals surface area contributed by atoms with Gasteiger partial charge in [0, 0.05) is 38.3 Å². The Kier molecular flexibility index (Phi) is 9.53. The lowest BCUT2D eigenvalue weighted by molar-refractivity contribution is 0.1000. The van der Waals surface area contributed by atoms with E-state index < -0.39 is 5.91 Å². The summed E-state index contributed by atoms with van der Waals surface area (Å²) in [5.41, 5.74) is 9.26. The smallest absolute Gasteiger partial charge is 0.249 e. The van der Waals surface area contributed by atoms with Gasteiger partial charge in [0.2, 0.25) is 5.91 Å². The van der Waals surface area contributed by atoms with Crippen LogP contribution in [0.1, 0.15) is 27.0 Å². The molecule has 0 aromatic heterocycles. The first-order chi connectivity index (χ1) is 12.1. The normalized spacial score (nSPS) is 15.1. The molecule has 146 valence electrons. The van der Waals surface area contributed by atoms with Crippen molar-refractivity contribution in [2.75, 3.05) is 33.2 Å². The summed E-state index contributed by atoms with van der Waals surface area (Å²) in [5, 5.41) is 0. The minimum atomic E-state index is -0.400. The standard InChI is InChI=1S/C21H25N3O.2ClH/c1-23-12-14-24(15-13-23)16-18-8-6-17(7-9-18)10-11-19-4-2-3-5-20(19)21(22)25;;/h2-11H,12-16H2,1H3,(H2,22,25);2*1H/b11-10+;;. The van der Waals surface area contributed by atoms with Gasteiger partial charge in [0.25, 0.3) is 0 Å². The Bertz CT molecular complexity index is 754. The Balaban J connectivity index is 0.00000182. The van der Waals surface area contributed by atoms with E-state index in [2.05, 4.69) is 41.1 Å². The van der Waals surface area contributed by atoms with Crippen molar-refractivity contribution in [2.24, 2.45) is 5.73 Å². The summed E-state index contributed by atoms with van der Waals surface area (Å²) in [7, 11) is 2.18. The highest BCUT2D eigenvalue weighted by molar-refractivity contribution is 5.97. The van der Waals surface area contributed by atoms with Crippen LogP contribution in [0, 0.1) is 0 Å². The van der Waals surface area contributed by atoms with Crippen LogP contribution in [0.3, 0.4) is 0 Å². The molecule has 6 heteroatoms. The number of nitrogens with two attached hydrogens (primary N) is 1. The number of halogens is 2. The molecule has 1 amide bonds. The van der Waals surface area contributed by atoms with Gasteiger partial charge >= 0.3 is 0 Å². The van der Waals surface area contributed by atoms with Crippen molar-refractivity contribution in [3.8, 4) is 0 Å². The second-order valence-corrected chi connectivity index (χ2v) is 6.61. The lowest BCUT2D eigenvalue weighted by Gasteiger charge is -2.32. The molecule has 1 saturated heterocycles. The van der Waals surface area contributed by atoms with Gasteiger partial charge in [0.15, 0.2) is 0 Å². The average Bonchev–Trinajstić information content (AvgIpc) is 2.63. The van der Waals surface area contributed by atoms with E-state index >= 15 is 0 Å². The van der Waals surface area contributed by atoms with Crippen LogP contribution >= 0.6 is 24.8 Å². The summed E-state index contributed by atoms with van der Waals surface area (Å²) in [6.45, 7) is 5.53. The minimum absolute atomic E-state index is 0. The predicted molar refractivity (Wildman–Crippen MR) is 118 cm³/mol. The van der Waals surface area contributed by atoms with Crippen molar-refractivity contribution in [3.05, 3.63) is 70.8 Å². The minimum Gasteiger partial charge on any atom is -0.366 e. The monoisotopic (exact) mass is 407 g/mol. The van der Waals surface area contributed by atoms with Crippen molar-refractivity contribution in [1.29, 1.82) is 0 Å². The summed E-state index contributed by atoms with van der Waals surface area (Å²) >= 11 is 0. The molecule has 0 radical (unpaired) electrons. The Hall–Kier alpha value is -1.85.